The van der Waals surface area contributed by atoms with Gasteiger partial charge in [0.15, 0.2) is 0 Å². The molecule has 8 heteroatoms. The molecule has 0 aromatic heterocycles. The fourth-order valence-corrected chi connectivity index (χ4v) is 2.34. The van der Waals surface area contributed by atoms with Gasteiger partial charge in [-0.1, -0.05) is 39.8 Å². The number of amides is 3. The number of likely N-dealkylation sites (N-methyl/N-ethyl adjacent to an activating group) is 1. The van der Waals surface area contributed by atoms with Gasteiger partial charge in [-0.2, -0.15) is 0 Å². The molecule has 0 unspecified atom stereocenters. The number of rotatable bonds is 8. The summed E-state index contributed by atoms with van der Waals surface area (Å²) < 4.78 is 5.19. The van der Waals surface area contributed by atoms with Gasteiger partial charge >= 0.3 is 6.09 Å². The zero-order valence-electron chi connectivity index (χ0n) is 16.7. The first-order chi connectivity index (χ1) is 12.8. The Balaban J connectivity index is 0.00000326. The molecular formula is C19H31N3O5. The maximum atomic E-state index is 12.1. The molecule has 1 aromatic rings. The standard InChI is InChI=1S/C17H25N3O5.C2H6/c1-11(2)15(16(18)23)20(3)17(24)25-10-12-4-6-13(7-5-12)19-14(22)8-9-21;1-2/h4-7,11,15,21H,8-10H2,1-3H3,(H2,18,23)(H,19,22);1-2H3/t15-;/m0./s1. The molecule has 0 saturated carbocycles. The Hall–Kier alpha value is -2.61. The third-order valence-corrected chi connectivity index (χ3v) is 3.57. The van der Waals surface area contributed by atoms with E-state index < -0.39 is 18.0 Å². The molecule has 152 valence electrons. The number of benzene rings is 1. The SMILES string of the molecule is CC.CC(C)[C@@H](C(N)=O)N(C)C(=O)OCc1ccc(NC(=O)CCO)cc1. The van der Waals surface area contributed by atoms with Crippen LogP contribution in [-0.4, -0.2) is 47.6 Å². The number of nitrogens with two attached hydrogens (primary N) is 1. The molecular weight excluding hydrogens is 350 g/mol. The van der Waals surface area contributed by atoms with Gasteiger partial charge < -0.3 is 20.9 Å². The van der Waals surface area contributed by atoms with Crippen LogP contribution in [0.4, 0.5) is 10.5 Å². The highest BCUT2D eigenvalue weighted by Gasteiger charge is 2.28. The normalized spacial score (nSPS) is 11.1. The highest BCUT2D eigenvalue weighted by Crippen LogP contribution is 2.13. The lowest BCUT2D eigenvalue weighted by atomic mass is 10.0. The van der Waals surface area contributed by atoms with Crippen molar-refractivity contribution < 1.29 is 24.2 Å². The van der Waals surface area contributed by atoms with Crippen molar-refractivity contribution in [3.8, 4) is 0 Å². The lowest BCUT2D eigenvalue weighted by molar-refractivity contribution is -0.123. The van der Waals surface area contributed by atoms with Gasteiger partial charge in [0.25, 0.3) is 0 Å². The predicted octanol–water partition coefficient (Wildman–Crippen LogP) is 2.11. The minimum Gasteiger partial charge on any atom is -0.445 e. The Morgan fingerprint density at radius 2 is 1.74 bits per heavy atom. The number of aliphatic hydroxyl groups excluding tert-OH is 1. The van der Waals surface area contributed by atoms with E-state index in [1.807, 2.05) is 13.8 Å². The van der Waals surface area contributed by atoms with Crippen LogP contribution in [0.5, 0.6) is 0 Å². The maximum Gasteiger partial charge on any atom is 0.410 e. The zero-order valence-corrected chi connectivity index (χ0v) is 16.7. The number of primary amides is 1. The molecule has 0 aliphatic carbocycles. The third-order valence-electron chi connectivity index (χ3n) is 3.57. The molecule has 0 radical (unpaired) electrons. The molecule has 4 N–H and O–H groups in total. The van der Waals surface area contributed by atoms with E-state index in [4.69, 9.17) is 15.6 Å². The summed E-state index contributed by atoms with van der Waals surface area (Å²) in [5.41, 5.74) is 6.63. The van der Waals surface area contributed by atoms with E-state index in [1.165, 1.54) is 11.9 Å². The average Bonchev–Trinajstić information content (AvgIpc) is 2.62. The number of nitrogens with zero attached hydrogens (tertiary/aromatic N) is 1. The first-order valence-corrected chi connectivity index (χ1v) is 8.94. The number of hydrogen-bond donors (Lipinski definition) is 3. The summed E-state index contributed by atoms with van der Waals surface area (Å²) in [4.78, 5) is 36.1. The number of nitrogens with one attached hydrogen (secondary N) is 1. The predicted molar refractivity (Wildman–Crippen MR) is 104 cm³/mol. The second-order valence-electron chi connectivity index (χ2n) is 5.98. The summed E-state index contributed by atoms with van der Waals surface area (Å²) >= 11 is 0. The van der Waals surface area contributed by atoms with Crippen molar-refractivity contribution in [1.82, 2.24) is 4.90 Å². The summed E-state index contributed by atoms with van der Waals surface area (Å²) in [6, 6.07) is 6.01. The summed E-state index contributed by atoms with van der Waals surface area (Å²) in [5.74, 6) is -0.997. The Morgan fingerprint density at radius 1 is 1.19 bits per heavy atom. The van der Waals surface area contributed by atoms with E-state index in [1.54, 1.807) is 38.1 Å². The molecule has 27 heavy (non-hydrogen) atoms. The van der Waals surface area contributed by atoms with Gasteiger partial charge in [-0.25, -0.2) is 4.79 Å². The topological polar surface area (TPSA) is 122 Å². The maximum absolute atomic E-state index is 12.1. The van der Waals surface area contributed by atoms with Crippen molar-refractivity contribution in [2.45, 2.75) is 46.8 Å². The van der Waals surface area contributed by atoms with E-state index in [-0.39, 0.29) is 31.5 Å². The quantitative estimate of drug-likeness (QED) is 0.636. The van der Waals surface area contributed by atoms with Crippen molar-refractivity contribution >= 4 is 23.6 Å². The number of ether oxygens (including phenoxy) is 1. The summed E-state index contributed by atoms with van der Waals surface area (Å²) in [6.07, 6.45) is -0.611. The van der Waals surface area contributed by atoms with Gasteiger partial charge in [0.2, 0.25) is 11.8 Å². The van der Waals surface area contributed by atoms with Crippen molar-refractivity contribution in [2.24, 2.45) is 11.7 Å². The van der Waals surface area contributed by atoms with Crippen LogP contribution in [0.2, 0.25) is 0 Å². The average molecular weight is 381 g/mol. The Labute approximate surface area is 160 Å². The molecule has 0 spiro atoms. The van der Waals surface area contributed by atoms with E-state index in [9.17, 15) is 14.4 Å². The third kappa shape index (κ3) is 8.54. The first-order valence-electron chi connectivity index (χ1n) is 8.94. The molecule has 0 heterocycles. The lowest BCUT2D eigenvalue weighted by Gasteiger charge is -2.27. The number of carbonyl (C=O) groups is 3. The summed E-state index contributed by atoms with van der Waals surface area (Å²) in [5, 5.41) is 11.3. The van der Waals surface area contributed by atoms with Crippen molar-refractivity contribution in [2.75, 3.05) is 19.0 Å². The second kappa shape index (κ2) is 12.7. The number of carbonyl (C=O) groups excluding carboxylic acids is 3. The van der Waals surface area contributed by atoms with Crippen molar-refractivity contribution in [1.29, 1.82) is 0 Å². The Kier molecular flexibility index (Phi) is 11.5. The van der Waals surface area contributed by atoms with Crippen molar-refractivity contribution in [3.05, 3.63) is 29.8 Å². The van der Waals surface area contributed by atoms with E-state index in [0.29, 0.717) is 5.69 Å². The molecule has 1 aromatic carbocycles. The molecule has 0 aliphatic heterocycles. The number of aliphatic hydroxyl groups is 1. The molecule has 0 bridgehead atoms. The van der Waals surface area contributed by atoms with E-state index >= 15 is 0 Å². The smallest absolute Gasteiger partial charge is 0.410 e. The zero-order chi connectivity index (χ0) is 21.0. The van der Waals surface area contributed by atoms with Gasteiger partial charge in [0.05, 0.1) is 13.0 Å². The largest absolute Gasteiger partial charge is 0.445 e. The van der Waals surface area contributed by atoms with Crippen LogP contribution in [0.3, 0.4) is 0 Å². The Morgan fingerprint density at radius 3 is 2.19 bits per heavy atom. The van der Waals surface area contributed by atoms with E-state index in [2.05, 4.69) is 5.32 Å². The molecule has 1 rings (SSSR count). The molecule has 0 aliphatic rings. The molecule has 3 amide bonds. The van der Waals surface area contributed by atoms with Crippen LogP contribution in [0.15, 0.2) is 24.3 Å². The van der Waals surface area contributed by atoms with E-state index in [0.717, 1.165) is 5.56 Å². The fourth-order valence-electron chi connectivity index (χ4n) is 2.34. The Bertz CT molecular complexity index is 602. The highest BCUT2D eigenvalue weighted by atomic mass is 16.6. The number of hydrogen-bond acceptors (Lipinski definition) is 5. The number of anilines is 1. The van der Waals surface area contributed by atoms with Gasteiger partial charge in [0.1, 0.15) is 12.6 Å². The molecule has 8 nitrogen and oxygen atoms in total. The molecule has 0 fully saturated rings. The summed E-state index contributed by atoms with van der Waals surface area (Å²) in [7, 11) is 1.47. The van der Waals surface area contributed by atoms with Crippen LogP contribution in [-0.2, 0) is 20.9 Å². The highest BCUT2D eigenvalue weighted by molar-refractivity contribution is 5.90. The first kappa shape index (κ1) is 24.4. The van der Waals surface area contributed by atoms with Gasteiger partial charge in [0, 0.05) is 12.7 Å². The summed E-state index contributed by atoms with van der Waals surface area (Å²) in [6.45, 7) is 7.40. The van der Waals surface area contributed by atoms with Crippen LogP contribution in [0.25, 0.3) is 0 Å². The minimum atomic E-state index is -0.739. The van der Waals surface area contributed by atoms with Crippen LogP contribution >= 0.6 is 0 Å². The fraction of sp³-hybridized carbons (Fsp3) is 0.526. The van der Waals surface area contributed by atoms with Crippen molar-refractivity contribution in [3.63, 3.8) is 0 Å². The second-order valence-corrected chi connectivity index (χ2v) is 5.98. The molecule has 1 atom stereocenters. The van der Waals surface area contributed by atoms with Crippen LogP contribution < -0.4 is 11.1 Å². The minimum absolute atomic E-state index is 0.0254. The lowest BCUT2D eigenvalue weighted by Crippen LogP contribution is -2.48. The van der Waals surface area contributed by atoms with Gasteiger partial charge in [-0.3, -0.25) is 14.5 Å². The monoisotopic (exact) mass is 381 g/mol. The molecule has 0 saturated heterocycles. The van der Waals surface area contributed by atoms with Crippen LogP contribution in [0, 0.1) is 5.92 Å². The van der Waals surface area contributed by atoms with Gasteiger partial charge in [-0.05, 0) is 23.6 Å². The van der Waals surface area contributed by atoms with Gasteiger partial charge in [-0.15, -0.1) is 0 Å². The van der Waals surface area contributed by atoms with Crippen LogP contribution in [0.1, 0.15) is 39.7 Å².